The molecule has 0 spiro atoms. The molecule has 0 bridgehead atoms. The van der Waals surface area contributed by atoms with Crippen LogP contribution in [0.25, 0.3) is 0 Å². The zero-order valence-electron chi connectivity index (χ0n) is 43.1. The predicted molar refractivity (Wildman–Crippen MR) is 286 cm³/mol. The molecule has 0 unspecified atom stereocenters. The van der Waals surface area contributed by atoms with Gasteiger partial charge in [0.2, 0.25) is 0 Å². The summed E-state index contributed by atoms with van der Waals surface area (Å²) in [5, 5.41) is -9.23. The summed E-state index contributed by atoms with van der Waals surface area (Å²) in [6.07, 6.45) is 0. The van der Waals surface area contributed by atoms with E-state index in [-0.39, 0.29) is 49.9 Å². The van der Waals surface area contributed by atoms with Gasteiger partial charge in [-0.05, 0) is 121 Å². The van der Waals surface area contributed by atoms with Gasteiger partial charge in [-0.25, -0.2) is 26.4 Å². The first kappa shape index (κ1) is 68.4. The van der Waals surface area contributed by atoms with Crippen LogP contribution in [0.4, 0.5) is 17.6 Å². The van der Waals surface area contributed by atoms with E-state index in [0.717, 1.165) is 12.1 Å². The minimum Gasteiger partial charge on any atom is -1.00 e. The number of ether oxygens (including phenoxy) is 2. The normalized spacial score (nSPS) is 11.2. The van der Waals surface area contributed by atoms with E-state index >= 15 is 0 Å². The molecule has 0 aliphatic rings. The third-order valence-corrected chi connectivity index (χ3v) is 16.1. The lowest BCUT2D eigenvalue weighted by atomic mass is 10.2. The first-order valence-electron chi connectivity index (χ1n) is 23.1. The number of nitrogens with one attached hydrogen (secondary N) is 1. The van der Waals surface area contributed by atoms with Crippen LogP contribution in [0.2, 0.25) is 0 Å². The summed E-state index contributed by atoms with van der Waals surface area (Å²) >= 11 is 0. The van der Waals surface area contributed by atoms with Crippen molar-refractivity contribution in [2.45, 2.75) is 100 Å². The Bertz CT molecular complexity index is 2490. The average Bonchev–Trinajstić information content (AvgIpc) is 3.37. The topological polar surface area (TPSA) is 171 Å². The second-order valence-corrected chi connectivity index (χ2v) is 23.7. The molecule has 1 N–H and O–H groups in total. The van der Waals surface area contributed by atoms with Gasteiger partial charge in [0.05, 0.1) is 40.4 Å². The number of hydrogen-bond acceptors (Lipinski definition) is 10. The summed E-state index contributed by atoms with van der Waals surface area (Å²) < 4.78 is 117. The van der Waals surface area contributed by atoms with Gasteiger partial charge in [0.25, 0.3) is 0 Å². The van der Waals surface area contributed by atoms with Crippen LogP contribution in [0.1, 0.15) is 48.5 Å². The Morgan fingerprint density at radius 3 is 0.789 bits per heavy atom. The number of hydrogen-bond donors (Lipinski definition) is 1. The van der Waals surface area contributed by atoms with Gasteiger partial charge in [-0.3, -0.25) is 0 Å². The maximum Gasteiger partial charge on any atom is 0.367 e. The molecule has 6 aromatic rings. The maximum atomic E-state index is 12.3. The standard InChI is InChI=1S/2C18H15S.C8H19N.2C6H8F2O5S.BrH/c2*1-4-10-16(11-5-1)19(17-12-6-2-7-13-17)18-14-8-3-9-15-18;1-6-9(7(2)3)8(4)5;2*1-4(2)5(9)13-3-6(7,8)14(10,11)12;/h2*1-15H;7-8H,6H2,1-5H3;2*1,3H2,2H3,(H,10,11,12);1H/q2*+1;;;;/p-2. The van der Waals surface area contributed by atoms with Crippen LogP contribution in [0.15, 0.2) is 236 Å². The van der Waals surface area contributed by atoms with E-state index in [1.165, 1.54) is 49.8 Å². The Kier molecular flexibility index (Phi) is 30.2. The molecule has 0 radical (unpaired) electrons. The first-order valence-corrected chi connectivity index (χ1v) is 28.4. The lowest BCUT2D eigenvalue weighted by molar-refractivity contribution is -0.940. The molecule has 0 saturated heterocycles. The highest BCUT2D eigenvalue weighted by Crippen LogP contribution is 2.32. The van der Waals surface area contributed by atoms with Gasteiger partial charge in [-0.2, -0.15) is 17.6 Å². The van der Waals surface area contributed by atoms with Crippen LogP contribution in [-0.4, -0.2) is 80.2 Å². The van der Waals surface area contributed by atoms with E-state index in [0.29, 0.717) is 0 Å². The highest BCUT2D eigenvalue weighted by molar-refractivity contribution is 7.97. The molecular formula is C56H64BrF4NO10S4. The molecule has 0 saturated carbocycles. The number of carbonyl (C=O) groups excluding carboxylic acids is 2. The number of halogens is 5. The molecular weight excluding hydrogens is 1130 g/mol. The Morgan fingerprint density at radius 2 is 0.671 bits per heavy atom. The number of rotatable bonds is 17. The molecule has 0 aliphatic carbocycles. The third-order valence-electron chi connectivity index (χ3n) is 9.94. The summed E-state index contributed by atoms with van der Waals surface area (Å²) in [5.74, 6) is -2.37. The first-order chi connectivity index (χ1) is 35.1. The molecule has 0 aliphatic heterocycles. The summed E-state index contributed by atoms with van der Waals surface area (Å²) in [4.78, 5) is 31.0. The van der Waals surface area contributed by atoms with Gasteiger partial charge in [0.1, 0.15) is 0 Å². The summed E-state index contributed by atoms with van der Waals surface area (Å²) in [6.45, 7) is 17.5. The predicted octanol–water partition coefficient (Wildman–Crippen LogP) is 7.76. The van der Waals surface area contributed by atoms with Crippen LogP contribution in [0.5, 0.6) is 0 Å². The summed E-state index contributed by atoms with van der Waals surface area (Å²) in [6, 6.07) is 65.9. The van der Waals surface area contributed by atoms with Crippen LogP contribution < -0.4 is 21.9 Å². The minimum absolute atomic E-state index is 0. The molecule has 0 aromatic heterocycles. The van der Waals surface area contributed by atoms with Gasteiger partial charge in [-0.1, -0.05) is 122 Å². The Labute approximate surface area is 462 Å². The van der Waals surface area contributed by atoms with Crippen molar-refractivity contribution in [3.63, 3.8) is 0 Å². The molecule has 0 heterocycles. The van der Waals surface area contributed by atoms with Crippen molar-refractivity contribution < 1.29 is 84.4 Å². The fourth-order valence-corrected chi connectivity index (χ4v) is 10.9. The van der Waals surface area contributed by atoms with E-state index in [2.05, 4.69) is 239 Å². The van der Waals surface area contributed by atoms with E-state index in [1.807, 2.05) is 0 Å². The molecule has 0 atom stereocenters. The molecule has 0 amide bonds. The van der Waals surface area contributed by atoms with E-state index < -0.39 is 55.9 Å². The monoisotopic (exact) mass is 1190 g/mol. The molecule has 412 valence electrons. The number of benzene rings is 6. The van der Waals surface area contributed by atoms with Crippen molar-refractivity contribution in [2.75, 3.05) is 19.8 Å². The lowest BCUT2D eigenvalue weighted by Gasteiger charge is -2.25. The second kappa shape index (κ2) is 33.5. The van der Waals surface area contributed by atoms with Crippen molar-refractivity contribution >= 4 is 54.0 Å². The molecule has 6 rings (SSSR count). The lowest BCUT2D eigenvalue weighted by Crippen LogP contribution is -3.17. The highest BCUT2D eigenvalue weighted by Gasteiger charge is 2.40. The van der Waals surface area contributed by atoms with Crippen LogP contribution in [0.3, 0.4) is 0 Å². The smallest absolute Gasteiger partial charge is 0.367 e. The molecule has 20 heteroatoms. The molecule has 11 nitrogen and oxygen atoms in total. The Morgan fingerprint density at radius 1 is 0.487 bits per heavy atom. The summed E-state index contributed by atoms with van der Waals surface area (Å²) in [7, 11) is -11.7. The van der Waals surface area contributed by atoms with Gasteiger partial charge >= 0.3 is 22.4 Å². The van der Waals surface area contributed by atoms with Gasteiger partial charge < -0.3 is 40.5 Å². The second-order valence-electron chi connectivity index (χ2n) is 16.6. The number of carbonyl (C=O) groups is 2. The zero-order chi connectivity index (χ0) is 56.4. The number of alkyl halides is 4. The maximum absolute atomic E-state index is 12.3. The van der Waals surface area contributed by atoms with Crippen LogP contribution in [0, 0.1) is 0 Å². The summed E-state index contributed by atoms with van der Waals surface area (Å²) in [5.41, 5.74) is -0.354. The third kappa shape index (κ3) is 23.8. The molecule has 0 fully saturated rings. The molecule has 6 aromatic carbocycles. The minimum atomic E-state index is -5.81. The fourth-order valence-electron chi connectivity index (χ4n) is 6.33. The van der Waals surface area contributed by atoms with Crippen molar-refractivity contribution in [1.82, 2.24) is 0 Å². The quantitative estimate of drug-likeness (QED) is 0.0313. The van der Waals surface area contributed by atoms with E-state index in [1.54, 1.807) is 4.90 Å². The van der Waals surface area contributed by atoms with Crippen molar-refractivity contribution in [3.8, 4) is 0 Å². The Balaban J connectivity index is 0.000000485. The van der Waals surface area contributed by atoms with Crippen molar-refractivity contribution in [1.29, 1.82) is 0 Å². The van der Waals surface area contributed by atoms with Crippen LogP contribution >= 0.6 is 0 Å². The SMILES string of the molecule is C=C(C)C(=O)OCC(F)(F)S(=O)(=O)[O-].C=C(C)C(=O)OCC(F)(F)S(=O)(=O)[O-].CC[NH+](C(C)C)C(C)C.[Br-].c1ccc([S+](c2ccccc2)c2ccccc2)cc1.c1ccc([S+](c2ccccc2)c2ccccc2)cc1. The number of quaternary nitrogens is 1. The van der Waals surface area contributed by atoms with Gasteiger partial charge in [-0.15, -0.1) is 0 Å². The van der Waals surface area contributed by atoms with Gasteiger partial charge in [0.15, 0.2) is 62.8 Å². The zero-order valence-corrected chi connectivity index (χ0v) is 48.0. The largest absolute Gasteiger partial charge is 1.00 e. The molecule has 76 heavy (non-hydrogen) atoms. The van der Waals surface area contributed by atoms with Gasteiger partial charge in [0, 0.05) is 11.1 Å². The highest BCUT2D eigenvalue weighted by atomic mass is 79.9. The fraction of sp³-hybridized carbons (Fsp3) is 0.250. The Hall–Kier alpha value is -5.58. The van der Waals surface area contributed by atoms with Crippen molar-refractivity contribution in [3.05, 3.63) is 206 Å². The van der Waals surface area contributed by atoms with Crippen LogP contribution in [-0.2, 0) is 61.1 Å². The van der Waals surface area contributed by atoms with E-state index in [4.69, 9.17) is 0 Å². The number of esters is 2. The van der Waals surface area contributed by atoms with E-state index in [9.17, 15) is 53.1 Å². The van der Waals surface area contributed by atoms with Crippen molar-refractivity contribution in [2.24, 2.45) is 0 Å². The average molecular weight is 1200 g/mol.